The van der Waals surface area contributed by atoms with E-state index in [9.17, 15) is 4.79 Å². The Balaban J connectivity index is 2.37. The van der Waals surface area contributed by atoms with Crippen LogP contribution in [0.15, 0.2) is 0 Å². The zero-order valence-electron chi connectivity index (χ0n) is 7.38. The lowest BCUT2D eigenvalue weighted by Crippen LogP contribution is -2.20. The summed E-state index contributed by atoms with van der Waals surface area (Å²) in [4.78, 5) is 10.6. The molecule has 0 bridgehead atoms. The Labute approximate surface area is 69.2 Å². The van der Waals surface area contributed by atoms with Crippen LogP contribution in [0.25, 0.3) is 0 Å². The van der Waals surface area contributed by atoms with Crippen LogP contribution in [0.5, 0.6) is 0 Å². The molecule has 0 heterocycles. The van der Waals surface area contributed by atoms with Crippen molar-refractivity contribution >= 4 is 6.29 Å². The second-order valence-corrected chi connectivity index (χ2v) is 3.63. The maximum Gasteiger partial charge on any atom is 0.123 e. The van der Waals surface area contributed by atoms with Crippen molar-refractivity contribution in [3.63, 3.8) is 0 Å². The second-order valence-electron chi connectivity index (χ2n) is 3.63. The third-order valence-electron chi connectivity index (χ3n) is 2.80. The van der Waals surface area contributed by atoms with Gasteiger partial charge in [-0.05, 0) is 18.8 Å². The molecule has 0 saturated heterocycles. The third kappa shape index (κ3) is 2.32. The van der Waals surface area contributed by atoms with Crippen molar-refractivity contribution in [1.29, 1.82) is 0 Å². The highest BCUT2D eigenvalue weighted by atomic mass is 16.1. The highest BCUT2D eigenvalue weighted by molar-refractivity contribution is 5.54. The highest BCUT2D eigenvalue weighted by Crippen LogP contribution is 2.31. The average molecular weight is 154 g/mol. The van der Waals surface area contributed by atoms with Crippen LogP contribution in [0.2, 0.25) is 0 Å². The lowest BCUT2D eigenvalue weighted by atomic mass is 9.78. The zero-order valence-corrected chi connectivity index (χ0v) is 7.38. The summed E-state index contributed by atoms with van der Waals surface area (Å²) in [6.07, 6.45) is 8.71. The summed E-state index contributed by atoms with van der Waals surface area (Å²) in [7, 11) is 0. The topological polar surface area (TPSA) is 17.1 Å². The van der Waals surface area contributed by atoms with E-state index in [1.165, 1.54) is 38.4 Å². The minimum atomic E-state index is 0.392. The van der Waals surface area contributed by atoms with Gasteiger partial charge in [0.25, 0.3) is 0 Å². The molecule has 0 N–H and O–H groups in total. The normalized spacial score (nSPS) is 31.7. The molecule has 0 radical (unpaired) electrons. The first-order chi connectivity index (χ1) is 5.38. The summed E-state index contributed by atoms with van der Waals surface area (Å²) < 4.78 is 0. The maximum atomic E-state index is 10.6. The largest absolute Gasteiger partial charge is 0.303 e. The Kier molecular flexibility index (Phi) is 3.61. The summed E-state index contributed by atoms with van der Waals surface area (Å²) >= 11 is 0. The van der Waals surface area contributed by atoms with E-state index in [1.54, 1.807) is 0 Å². The predicted octanol–water partition coefficient (Wildman–Crippen LogP) is 2.79. The van der Waals surface area contributed by atoms with Gasteiger partial charge in [-0.25, -0.2) is 0 Å². The molecule has 0 spiro atoms. The molecule has 1 rings (SSSR count). The molecular weight excluding hydrogens is 136 g/mol. The molecule has 1 nitrogen and oxygen atoms in total. The Morgan fingerprint density at radius 2 is 2.09 bits per heavy atom. The monoisotopic (exact) mass is 154 g/mol. The quantitative estimate of drug-likeness (QED) is 0.571. The Bertz CT molecular complexity index is 118. The van der Waals surface area contributed by atoms with E-state index in [2.05, 4.69) is 6.92 Å². The minimum Gasteiger partial charge on any atom is -0.303 e. The van der Waals surface area contributed by atoms with Crippen LogP contribution in [-0.2, 0) is 4.79 Å². The zero-order chi connectivity index (χ0) is 8.10. The fourth-order valence-electron chi connectivity index (χ4n) is 2.14. The molecule has 2 atom stereocenters. The van der Waals surface area contributed by atoms with Crippen LogP contribution >= 0.6 is 0 Å². The van der Waals surface area contributed by atoms with Gasteiger partial charge in [0.15, 0.2) is 0 Å². The summed E-state index contributed by atoms with van der Waals surface area (Å²) in [5, 5.41) is 0. The lowest BCUT2D eigenvalue weighted by molar-refractivity contribution is -0.113. The van der Waals surface area contributed by atoms with Crippen molar-refractivity contribution in [2.75, 3.05) is 0 Å². The van der Waals surface area contributed by atoms with Crippen molar-refractivity contribution in [2.24, 2.45) is 11.8 Å². The van der Waals surface area contributed by atoms with Crippen LogP contribution in [0, 0.1) is 11.8 Å². The van der Waals surface area contributed by atoms with E-state index < -0.39 is 0 Å². The van der Waals surface area contributed by atoms with Crippen molar-refractivity contribution in [1.82, 2.24) is 0 Å². The summed E-state index contributed by atoms with van der Waals surface area (Å²) in [6.45, 7) is 2.20. The standard InChI is InChI=1S/C10H18O/c1-2-5-9-6-3-4-7-10(9)8-11/h8-10H,2-7H2,1H3. The molecule has 0 aliphatic heterocycles. The molecule has 1 fully saturated rings. The molecule has 1 aliphatic carbocycles. The van der Waals surface area contributed by atoms with Crippen molar-refractivity contribution < 1.29 is 4.79 Å². The molecule has 0 amide bonds. The number of hydrogen-bond acceptors (Lipinski definition) is 1. The fourth-order valence-corrected chi connectivity index (χ4v) is 2.14. The molecule has 64 valence electrons. The number of aldehydes is 1. The Morgan fingerprint density at radius 3 is 2.73 bits per heavy atom. The van der Waals surface area contributed by atoms with E-state index in [4.69, 9.17) is 0 Å². The third-order valence-corrected chi connectivity index (χ3v) is 2.80. The maximum absolute atomic E-state index is 10.6. The Morgan fingerprint density at radius 1 is 1.36 bits per heavy atom. The molecule has 2 unspecified atom stereocenters. The summed E-state index contributed by atoms with van der Waals surface area (Å²) in [6, 6.07) is 0. The van der Waals surface area contributed by atoms with Gasteiger partial charge in [-0.2, -0.15) is 0 Å². The van der Waals surface area contributed by atoms with E-state index in [0.29, 0.717) is 11.8 Å². The molecule has 1 saturated carbocycles. The number of hydrogen-bond donors (Lipinski definition) is 0. The average Bonchev–Trinajstić information content (AvgIpc) is 2.06. The van der Waals surface area contributed by atoms with Gasteiger partial charge in [-0.3, -0.25) is 0 Å². The highest BCUT2D eigenvalue weighted by Gasteiger charge is 2.23. The summed E-state index contributed by atoms with van der Waals surface area (Å²) in [5.41, 5.74) is 0. The van der Waals surface area contributed by atoms with Crippen LogP contribution in [0.3, 0.4) is 0 Å². The van der Waals surface area contributed by atoms with Gasteiger partial charge in [0, 0.05) is 5.92 Å². The van der Waals surface area contributed by atoms with Crippen molar-refractivity contribution in [3.8, 4) is 0 Å². The van der Waals surface area contributed by atoms with Gasteiger partial charge >= 0.3 is 0 Å². The van der Waals surface area contributed by atoms with E-state index >= 15 is 0 Å². The van der Waals surface area contributed by atoms with Crippen LogP contribution < -0.4 is 0 Å². The number of carbonyl (C=O) groups is 1. The van der Waals surface area contributed by atoms with E-state index in [-0.39, 0.29) is 0 Å². The van der Waals surface area contributed by atoms with Crippen molar-refractivity contribution in [3.05, 3.63) is 0 Å². The van der Waals surface area contributed by atoms with E-state index in [0.717, 1.165) is 6.42 Å². The van der Waals surface area contributed by atoms with Gasteiger partial charge in [-0.15, -0.1) is 0 Å². The fraction of sp³-hybridized carbons (Fsp3) is 0.900. The SMILES string of the molecule is CCCC1CCCCC1C=O. The number of rotatable bonds is 3. The predicted molar refractivity (Wildman–Crippen MR) is 46.4 cm³/mol. The van der Waals surface area contributed by atoms with Gasteiger partial charge in [0.1, 0.15) is 6.29 Å². The van der Waals surface area contributed by atoms with Crippen LogP contribution in [-0.4, -0.2) is 6.29 Å². The second kappa shape index (κ2) is 4.53. The van der Waals surface area contributed by atoms with Crippen molar-refractivity contribution in [2.45, 2.75) is 45.4 Å². The van der Waals surface area contributed by atoms with Crippen LogP contribution in [0.4, 0.5) is 0 Å². The first kappa shape index (κ1) is 8.76. The van der Waals surface area contributed by atoms with Gasteiger partial charge in [-0.1, -0.05) is 32.6 Å². The minimum absolute atomic E-state index is 0.392. The first-order valence-corrected chi connectivity index (χ1v) is 4.83. The number of carbonyl (C=O) groups excluding carboxylic acids is 1. The molecule has 0 aromatic heterocycles. The molecular formula is C10H18O. The smallest absolute Gasteiger partial charge is 0.123 e. The first-order valence-electron chi connectivity index (χ1n) is 4.83. The van der Waals surface area contributed by atoms with E-state index in [1.807, 2.05) is 0 Å². The lowest BCUT2D eigenvalue weighted by Gasteiger charge is -2.26. The molecule has 11 heavy (non-hydrogen) atoms. The molecule has 0 aromatic rings. The summed E-state index contributed by atoms with van der Waals surface area (Å²) in [5.74, 6) is 1.11. The van der Waals surface area contributed by atoms with Crippen LogP contribution in [0.1, 0.15) is 45.4 Å². The van der Waals surface area contributed by atoms with Gasteiger partial charge in [0.2, 0.25) is 0 Å². The van der Waals surface area contributed by atoms with Gasteiger partial charge < -0.3 is 4.79 Å². The molecule has 1 heteroatoms. The van der Waals surface area contributed by atoms with Gasteiger partial charge in [0.05, 0.1) is 0 Å². The Hall–Kier alpha value is -0.330. The molecule has 0 aromatic carbocycles. The molecule has 1 aliphatic rings.